The van der Waals surface area contributed by atoms with Gasteiger partial charge >= 0.3 is 11.9 Å². The van der Waals surface area contributed by atoms with Crippen molar-refractivity contribution in [1.29, 1.82) is 0 Å². The number of rotatable bonds is 48. The lowest BCUT2D eigenvalue weighted by molar-refractivity contribution is -0.163. The summed E-state index contributed by atoms with van der Waals surface area (Å²) in [6, 6.07) is 0. The maximum atomic E-state index is 12.8. The molecule has 5 heteroatoms. The lowest BCUT2D eigenvalue weighted by atomic mass is 10.1. The average molecular weight is 817 g/mol. The normalized spacial score (nSPS) is 12.3. The van der Waals surface area contributed by atoms with E-state index in [2.05, 4.69) is 45.1 Å². The zero-order valence-electron chi connectivity index (χ0n) is 39.3. The van der Waals surface area contributed by atoms with Gasteiger partial charge in [0.1, 0.15) is 6.61 Å². The molecule has 0 amide bonds. The van der Waals surface area contributed by atoms with Gasteiger partial charge in [-0.1, -0.05) is 218 Å². The van der Waals surface area contributed by atoms with Gasteiger partial charge in [-0.2, -0.15) is 0 Å². The minimum Gasteiger partial charge on any atom is -0.462 e. The monoisotopic (exact) mass is 817 g/mol. The summed E-state index contributed by atoms with van der Waals surface area (Å²) in [5.74, 6) is -0.397. The quantitative estimate of drug-likeness (QED) is 0.0348. The molecule has 0 aliphatic carbocycles. The summed E-state index contributed by atoms with van der Waals surface area (Å²) in [4.78, 5) is 25.4. The van der Waals surface area contributed by atoms with Crippen LogP contribution in [0.5, 0.6) is 0 Å². The zero-order valence-corrected chi connectivity index (χ0v) is 39.3. The Bertz CT molecular complexity index is 882. The molecule has 0 bridgehead atoms. The van der Waals surface area contributed by atoms with E-state index in [4.69, 9.17) is 14.2 Å². The molecule has 0 saturated carbocycles. The van der Waals surface area contributed by atoms with Gasteiger partial charge in [-0.25, -0.2) is 0 Å². The van der Waals surface area contributed by atoms with Gasteiger partial charge in [-0.15, -0.1) is 0 Å². The summed E-state index contributed by atoms with van der Waals surface area (Å²) in [5, 5.41) is 0. The smallest absolute Gasteiger partial charge is 0.306 e. The standard InChI is InChI=1S/C53H100O5/c1-4-7-10-13-16-19-22-25-26-27-28-30-31-34-37-40-43-46-52(54)57-50-51(49-56-48-45-42-39-36-33-24-21-18-15-12-9-6-3)58-53(55)47-44-41-38-35-32-29-23-20-17-14-11-8-5-2/h20,23,25-26,51H,4-19,21-22,24,27-50H2,1-3H3/b23-20-,26-25-. The molecule has 1 unspecified atom stereocenters. The minimum atomic E-state index is -0.534. The Balaban J connectivity index is 4.21. The predicted octanol–water partition coefficient (Wildman–Crippen LogP) is 17.2. The van der Waals surface area contributed by atoms with Crippen molar-refractivity contribution in [1.82, 2.24) is 0 Å². The van der Waals surface area contributed by atoms with E-state index in [9.17, 15) is 9.59 Å². The van der Waals surface area contributed by atoms with Crippen molar-refractivity contribution in [3.8, 4) is 0 Å². The fourth-order valence-corrected chi connectivity index (χ4v) is 7.56. The first kappa shape index (κ1) is 56.4. The Labute approximate surface area is 362 Å². The second-order valence-electron chi connectivity index (χ2n) is 17.4. The molecular weight excluding hydrogens is 717 g/mol. The molecule has 0 aliphatic rings. The van der Waals surface area contributed by atoms with Crippen molar-refractivity contribution in [3.63, 3.8) is 0 Å². The second-order valence-corrected chi connectivity index (χ2v) is 17.4. The molecule has 5 nitrogen and oxygen atoms in total. The van der Waals surface area contributed by atoms with Gasteiger partial charge in [0.15, 0.2) is 6.10 Å². The highest BCUT2D eigenvalue weighted by atomic mass is 16.6. The second kappa shape index (κ2) is 49.7. The SMILES string of the molecule is CCCCCC/C=C\CCCCCCCC(=O)OC(COCCCCCCCCCCCCCC)COC(=O)CCCCCCCCC/C=C\CCCCCCCC. The molecule has 0 saturated heterocycles. The van der Waals surface area contributed by atoms with E-state index >= 15 is 0 Å². The molecule has 0 fully saturated rings. The summed E-state index contributed by atoms with van der Waals surface area (Å²) >= 11 is 0. The maximum Gasteiger partial charge on any atom is 0.306 e. The van der Waals surface area contributed by atoms with Crippen molar-refractivity contribution in [2.24, 2.45) is 0 Å². The fourth-order valence-electron chi connectivity index (χ4n) is 7.56. The van der Waals surface area contributed by atoms with Crippen LogP contribution in [0.3, 0.4) is 0 Å². The number of ether oxygens (including phenoxy) is 3. The van der Waals surface area contributed by atoms with E-state index in [-0.39, 0.29) is 25.2 Å². The molecule has 0 radical (unpaired) electrons. The molecule has 0 aromatic rings. The topological polar surface area (TPSA) is 61.8 Å². The van der Waals surface area contributed by atoms with E-state index in [1.165, 1.54) is 199 Å². The summed E-state index contributed by atoms with van der Waals surface area (Å²) in [6.45, 7) is 7.84. The first-order chi connectivity index (χ1) is 28.6. The highest BCUT2D eigenvalue weighted by Gasteiger charge is 2.17. The largest absolute Gasteiger partial charge is 0.462 e. The molecule has 0 N–H and O–H groups in total. The van der Waals surface area contributed by atoms with Crippen LogP contribution in [0.1, 0.15) is 278 Å². The molecular formula is C53H100O5. The van der Waals surface area contributed by atoms with Crippen LogP contribution in [0.4, 0.5) is 0 Å². The van der Waals surface area contributed by atoms with E-state index in [0.717, 1.165) is 44.9 Å². The molecule has 1 atom stereocenters. The fraction of sp³-hybridized carbons (Fsp3) is 0.887. The van der Waals surface area contributed by atoms with Crippen LogP contribution in [0.2, 0.25) is 0 Å². The molecule has 58 heavy (non-hydrogen) atoms. The van der Waals surface area contributed by atoms with Crippen LogP contribution in [0.15, 0.2) is 24.3 Å². The van der Waals surface area contributed by atoms with Crippen LogP contribution < -0.4 is 0 Å². The molecule has 0 aromatic heterocycles. The van der Waals surface area contributed by atoms with Crippen molar-refractivity contribution in [2.45, 2.75) is 284 Å². The molecule has 0 rings (SSSR count). The van der Waals surface area contributed by atoms with E-state index in [0.29, 0.717) is 19.4 Å². The third kappa shape index (κ3) is 47.1. The van der Waals surface area contributed by atoms with Crippen LogP contribution in [0, 0.1) is 0 Å². The van der Waals surface area contributed by atoms with E-state index < -0.39 is 6.10 Å². The number of allylic oxidation sites excluding steroid dienone is 4. The first-order valence-electron chi connectivity index (χ1n) is 25.9. The number of hydrogen-bond donors (Lipinski definition) is 0. The van der Waals surface area contributed by atoms with Gasteiger partial charge in [0.25, 0.3) is 0 Å². The Morgan fingerprint density at radius 3 is 1.07 bits per heavy atom. The highest BCUT2D eigenvalue weighted by molar-refractivity contribution is 5.70. The zero-order chi connectivity index (χ0) is 42.1. The minimum absolute atomic E-state index is 0.0859. The van der Waals surface area contributed by atoms with Crippen molar-refractivity contribution in [2.75, 3.05) is 19.8 Å². The van der Waals surface area contributed by atoms with Gasteiger partial charge in [0.2, 0.25) is 0 Å². The van der Waals surface area contributed by atoms with E-state index in [1.54, 1.807) is 0 Å². The van der Waals surface area contributed by atoms with Crippen LogP contribution >= 0.6 is 0 Å². The Morgan fingerprint density at radius 1 is 0.362 bits per heavy atom. The van der Waals surface area contributed by atoms with Crippen LogP contribution in [-0.4, -0.2) is 37.9 Å². The van der Waals surface area contributed by atoms with Crippen LogP contribution in [0.25, 0.3) is 0 Å². The average Bonchev–Trinajstić information content (AvgIpc) is 3.22. The predicted molar refractivity (Wildman–Crippen MR) is 252 cm³/mol. The van der Waals surface area contributed by atoms with E-state index in [1.807, 2.05) is 0 Å². The lowest BCUT2D eigenvalue weighted by Crippen LogP contribution is -2.30. The van der Waals surface area contributed by atoms with Gasteiger partial charge < -0.3 is 14.2 Å². The van der Waals surface area contributed by atoms with Crippen LogP contribution in [-0.2, 0) is 23.8 Å². The lowest BCUT2D eigenvalue weighted by Gasteiger charge is -2.18. The third-order valence-electron chi connectivity index (χ3n) is 11.5. The van der Waals surface area contributed by atoms with Crippen molar-refractivity contribution >= 4 is 11.9 Å². The molecule has 0 spiro atoms. The number of carbonyl (C=O) groups is 2. The van der Waals surface area contributed by atoms with Crippen molar-refractivity contribution in [3.05, 3.63) is 24.3 Å². The van der Waals surface area contributed by atoms with Gasteiger partial charge in [0, 0.05) is 19.4 Å². The Morgan fingerprint density at radius 2 is 0.672 bits per heavy atom. The summed E-state index contributed by atoms with van der Waals surface area (Å²) in [5.41, 5.74) is 0. The molecule has 0 aromatic carbocycles. The third-order valence-corrected chi connectivity index (χ3v) is 11.5. The summed E-state index contributed by atoms with van der Waals surface area (Å²) in [7, 11) is 0. The number of hydrogen-bond acceptors (Lipinski definition) is 5. The molecule has 342 valence electrons. The Kier molecular flexibility index (Phi) is 48.4. The number of unbranched alkanes of at least 4 members (excludes halogenated alkanes) is 33. The Hall–Kier alpha value is -1.62. The maximum absolute atomic E-state index is 12.8. The molecule has 0 aliphatic heterocycles. The summed E-state index contributed by atoms with van der Waals surface area (Å²) in [6.07, 6.45) is 57.5. The first-order valence-corrected chi connectivity index (χ1v) is 25.9. The summed E-state index contributed by atoms with van der Waals surface area (Å²) < 4.78 is 17.4. The number of carbonyl (C=O) groups excluding carboxylic acids is 2. The van der Waals surface area contributed by atoms with Gasteiger partial charge in [-0.05, 0) is 70.6 Å². The van der Waals surface area contributed by atoms with Gasteiger partial charge in [-0.3, -0.25) is 9.59 Å². The number of esters is 2. The molecule has 0 heterocycles. The van der Waals surface area contributed by atoms with Gasteiger partial charge in [0.05, 0.1) is 6.61 Å². The van der Waals surface area contributed by atoms with Crippen molar-refractivity contribution < 1.29 is 23.8 Å². The highest BCUT2D eigenvalue weighted by Crippen LogP contribution is 2.15.